The average Bonchev–Trinajstić information content (AvgIpc) is 3.26. The number of hydrogen-bond donors (Lipinski definition) is 3. The molecule has 0 unspecified atom stereocenters. The number of likely N-dealkylation sites (tertiary alicyclic amines) is 1. The highest BCUT2D eigenvalue weighted by Crippen LogP contribution is 2.19. The zero-order valence-corrected chi connectivity index (χ0v) is 14.7. The standard InChI is InChI=1S/C16H24N6OS/c1-2-15-20-14(11-24-15)10-22-5-3-12(4-6-22)7-17-16(23)21-13-8-18-19-9-13/h8-9,11-12H,2-7,10H2,1H3,(H,18,19)(H2,17,21,23). The third-order valence-corrected chi connectivity index (χ3v) is 5.34. The van der Waals surface area contributed by atoms with Crippen molar-refractivity contribution in [1.29, 1.82) is 0 Å². The van der Waals surface area contributed by atoms with E-state index in [-0.39, 0.29) is 6.03 Å². The Morgan fingerprint density at radius 2 is 2.29 bits per heavy atom. The average molecular weight is 348 g/mol. The molecule has 1 fully saturated rings. The van der Waals surface area contributed by atoms with Crippen molar-refractivity contribution in [2.75, 3.05) is 25.0 Å². The van der Waals surface area contributed by atoms with Crippen LogP contribution in [0.15, 0.2) is 17.8 Å². The number of thiazole rings is 1. The number of aromatic amines is 1. The Labute approximate surface area is 145 Å². The van der Waals surface area contributed by atoms with E-state index >= 15 is 0 Å². The maximum absolute atomic E-state index is 11.8. The lowest BCUT2D eigenvalue weighted by Crippen LogP contribution is -2.39. The normalized spacial score (nSPS) is 16.2. The number of nitrogens with one attached hydrogen (secondary N) is 3. The van der Waals surface area contributed by atoms with Gasteiger partial charge in [-0.25, -0.2) is 9.78 Å². The molecule has 2 aromatic rings. The van der Waals surface area contributed by atoms with Gasteiger partial charge in [-0.05, 0) is 38.3 Å². The number of aryl methyl sites for hydroxylation is 1. The van der Waals surface area contributed by atoms with Gasteiger partial charge in [0.2, 0.25) is 0 Å². The Kier molecular flexibility index (Phi) is 5.81. The summed E-state index contributed by atoms with van der Waals surface area (Å²) in [7, 11) is 0. The fourth-order valence-electron chi connectivity index (χ4n) is 2.89. The Balaban J connectivity index is 1.35. The second kappa shape index (κ2) is 8.25. The van der Waals surface area contributed by atoms with Crippen molar-refractivity contribution < 1.29 is 4.79 Å². The molecule has 0 bridgehead atoms. The smallest absolute Gasteiger partial charge is 0.319 e. The number of nitrogens with zero attached hydrogens (tertiary/aromatic N) is 3. The highest BCUT2D eigenvalue weighted by atomic mass is 32.1. The van der Waals surface area contributed by atoms with Crippen molar-refractivity contribution in [3.05, 3.63) is 28.5 Å². The molecule has 0 radical (unpaired) electrons. The Hall–Kier alpha value is -1.93. The summed E-state index contributed by atoms with van der Waals surface area (Å²) < 4.78 is 0. The summed E-state index contributed by atoms with van der Waals surface area (Å²) in [6, 6.07) is -0.173. The van der Waals surface area contributed by atoms with Gasteiger partial charge >= 0.3 is 6.03 Å². The van der Waals surface area contributed by atoms with E-state index < -0.39 is 0 Å². The first-order chi connectivity index (χ1) is 11.7. The van der Waals surface area contributed by atoms with E-state index in [2.05, 4.69) is 43.0 Å². The number of aromatic nitrogens is 3. The highest BCUT2D eigenvalue weighted by molar-refractivity contribution is 7.09. The number of rotatable bonds is 6. The van der Waals surface area contributed by atoms with Crippen LogP contribution in [-0.4, -0.2) is 45.7 Å². The molecular weight excluding hydrogens is 324 g/mol. The number of piperidine rings is 1. The van der Waals surface area contributed by atoms with Crippen molar-refractivity contribution in [2.24, 2.45) is 5.92 Å². The summed E-state index contributed by atoms with van der Waals surface area (Å²) in [5.41, 5.74) is 1.87. The molecule has 0 aromatic carbocycles. The molecule has 1 aliphatic heterocycles. The maximum Gasteiger partial charge on any atom is 0.319 e. The van der Waals surface area contributed by atoms with Gasteiger partial charge in [-0.3, -0.25) is 10.00 Å². The van der Waals surface area contributed by atoms with Gasteiger partial charge in [0.1, 0.15) is 0 Å². The third-order valence-electron chi connectivity index (χ3n) is 4.30. The summed E-state index contributed by atoms with van der Waals surface area (Å²) in [5.74, 6) is 0.540. The van der Waals surface area contributed by atoms with Crippen LogP contribution in [0.1, 0.15) is 30.5 Å². The molecule has 130 valence electrons. The van der Waals surface area contributed by atoms with Crippen LogP contribution in [0.3, 0.4) is 0 Å². The van der Waals surface area contributed by atoms with Crippen molar-refractivity contribution in [1.82, 2.24) is 25.4 Å². The molecule has 1 aliphatic rings. The second-order valence-electron chi connectivity index (χ2n) is 6.13. The van der Waals surface area contributed by atoms with Crippen molar-refractivity contribution in [2.45, 2.75) is 32.7 Å². The van der Waals surface area contributed by atoms with Gasteiger partial charge in [-0.1, -0.05) is 6.92 Å². The molecule has 1 saturated heterocycles. The maximum atomic E-state index is 11.8. The summed E-state index contributed by atoms with van der Waals surface area (Å²) in [6.45, 7) is 5.93. The minimum atomic E-state index is -0.173. The molecule has 8 heteroatoms. The number of hydrogen-bond acceptors (Lipinski definition) is 5. The number of carbonyl (C=O) groups excluding carboxylic acids is 1. The predicted molar refractivity (Wildman–Crippen MR) is 95.1 cm³/mol. The van der Waals surface area contributed by atoms with E-state index in [9.17, 15) is 4.79 Å². The van der Waals surface area contributed by atoms with Crippen LogP contribution in [0.4, 0.5) is 10.5 Å². The lowest BCUT2D eigenvalue weighted by atomic mass is 9.97. The van der Waals surface area contributed by atoms with Crippen molar-refractivity contribution in [3.8, 4) is 0 Å². The van der Waals surface area contributed by atoms with Gasteiger partial charge in [-0.15, -0.1) is 11.3 Å². The zero-order chi connectivity index (χ0) is 16.8. The molecular formula is C16H24N6OS. The number of carbonyl (C=O) groups is 1. The van der Waals surface area contributed by atoms with E-state index in [0.29, 0.717) is 18.2 Å². The highest BCUT2D eigenvalue weighted by Gasteiger charge is 2.20. The first-order valence-corrected chi connectivity index (χ1v) is 9.30. The Bertz CT molecular complexity index is 633. The van der Waals surface area contributed by atoms with Crippen LogP contribution in [0.5, 0.6) is 0 Å². The van der Waals surface area contributed by atoms with Gasteiger partial charge < -0.3 is 10.6 Å². The van der Waals surface area contributed by atoms with Crippen molar-refractivity contribution in [3.63, 3.8) is 0 Å². The largest absolute Gasteiger partial charge is 0.338 e. The molecule has 3 N–H and O–H groups in total. The minimum absolute atomic E-state index is 0.173. The Morgan fingerprint density at radius 3 is 2.96 bits per heavy atom. The SMILES string of the molecule is CCc1nc(CN2CCC(CNC(=O)Nc3cn[nH]c3)CC2)cs1. The molecule has 3 rings (SSSR count). The second-order valence-corrected chi connectivity index (χ2v) is 7.07. The van der Waals surface area contributed by atoms with Gasteiger partial charge in [0.15, 0.2) is 0 Å². The first-order valence-electron chi connectivity index (χ1n) is 8.42. The number of amides is 2. The molecule has 0 aliphatic carbocycles. The summed E-state index contributed by atoms with van der Waals surface area (Å²) in [6.07, 6.45) is 6.47. The van der Waals surface area contributed by atoms with Gasteiger partial charge in [-0.2, -0.15) is 5.10 Å². The molecule has 2 aromatic heterocycles. The molecule has 0 saturated carbocycles. The van der Waals surface area contributed by atoms with Crippen LogP contribution in [0.25, 0.3) is 0 Å². The summed E-state index contributed by atoms with van der Waals surface area (Å²) in [4.78, 5) is 18.9. The van der Waals surface area contributed by atoms with Crippen LogP contribution < -0.4 is 10.6 Å². The van der Waals surface area contributed by atoms with Crippen LogP contribution in [-0.2, 0) is 13.0 Å². The summed E-state index contributed by atoms with van der Waals surface area (Å²) >= 11 is 1.75. The van der Waals surface area contributed by atoms with Crippen LogP contribution in [0.2, 0.25) is 0 Å². The quantitative estimate of drug-likeness (QED) is 0.748. The molecule has 7 nitrogen and oxygen atoms in total. The van der Waals surface area contributed by atoms with E-state index in [1.807, 2.05) is 0 Å². The van der Waals surface area contributed by atoms with Crippen LogP contribution in [0, 0.1) is 5.92 Å². The van der Waals surface area contributed by atoms with Gasteiger partial charge in [0, 0.05) is 24.7 Å². The fraction of sp³-hybridized carbons (Fsp3) is 0.562. The number of anilines is 1. The Morgan fingerprint density at radius 1 is 1.46 bits per heavy atom. The minimum Gasteiger partial charge on any atom is -0.338 e. The van der Waals surface area contributed by atoms with Crippen molar-refractivity contribution >= 4 is 23.1 Å². The molecule has 2 amide bonds. The molecule has 3 heterocycles. The third kappa shape index (κ3) is 4.78. The zero-order valence-electron chi connectivity index (χ0n) is 13.9. The topological polar surface area (TPSA) is 85.9 Å². The monoisotopic (exact) mass is 348 g/mol. The fourth-order valence-corrected chi connectivity index (χ4v) is 3.63. The van der Waals surface area contributed by atoms with E-state index in [4.69, 9.17) is 0 Å². The van der Waals surface area contributed by atoms with Gasteiger partial charge in [0.05, 0.1) is 22.6 Å². The number of H-pyrrole nitrogens is 1. The molecule has 24 heavy (non-hydrogen) atoms. The van der Waals surface area contributed by atoms with E-state index in [1.165, 1.54) is 10.7 Å². The number of urea groups is 1. The van der Waals surface area contributed by atoms with E-state index in [1.54, 1.807) is 23.7 Å². The predicted octanol–water partition coefficient (Wildman–Crippen LogP) is 2.46. The summed E-state index contributed by atoms with van der Waals surface area (Å²) in [5, 5.41) is 15.5. The molecule has 0 atom stereocenters. The molecule has 0 spiro atoms. The van der Waals surface area contributed by atoms with E-state index in [0.717, 1.165) is 38.9 Å². The van der Waals surface area contributed by atoms with Crippen LogP contribution >= 0.6 is 11.3 Å². The first kappa shape index (κ1) is 16.9. The lowest BCUT2D eigenvalue weighted by molar-refractivity contribution is 0.174. The lowest BCUT2D eigenvalue weighted by Gasteiger charge is -2.31. The van der Waals surface area contributed by atoms with Gasteiger partial charge in [0.25, 0.3) is 0 Å².